The Morgan fingerprint density at radius 1 is 1.67 bits per heavy atom. The van der Waals surface area contributed by atoms with E-state index in [2.05, 4.69) is 15.9 Å². The summed E-state index contributed by atoms with van der Waals surface area (Å²) in [5, 5.41) is 3.71. The molecule has 0 aromatic carbocycles. The van der Waals surface area contributed by atoms with Crippen LogP contribution >= 0.6 is 27.3 Å². The molecular weight excluding hydrogens is 278 g/mol. The Balaban J connectivity index is 2.50. The quantitative estimate of drug-likeness (QED) is 0.647. The molecule has 1 heterocycles. The van der Waals surface area contributed by atoms with E-state index < -0.39 is 6.04 Å². The zero-order valence-electron chi connectivity index (χ0n) is 8.53. The fourth-order valence-corrected chi connectivity index (χ4v) is 2.71. The predicted molar refractivity (Wildman–Crippen MR) is 65.4 cm³/mol. The zero-order chi connectivity index (χ0) is 11.3. The Bertz CT molecular complexity index is 327. The number of rotatable bonds is 6. The summed E-state index contributed by atoms with van der Waals surface area (Å²) in [6, 6.07) is -0.425. The van der Waals surface area contributed by atoms with Crippen molar-refractivity contribution in [2.24, 2.45) is 5.73 Å². The Kier molecular flexibility index (Phi) is 5.45. The van der Waals surface area contributed by atoms with Crippen molar-refractivity contribution in [3.63, 3.8) is 0 Å². The summed E-state index contributed by atoms with van der Waals surface area (Å²) in [5.74, 6) is -0.000715. The molecule has 2 N–H and O–H groups in total. The number of ether oxygens (including phenoxy) is 1. The van der Waals surface area contributed by atoms with Gasteiger partial charge in [-0.2, -0.15) is 11.3 Å². The van der Waals surface area contributed by atoms with Crippen molar-refractivity contribution < 1.29 is 9.53 Å². The van der Waals surface area contributed by atoms with Gasteiger partial charge in [-0.3, -0.25) is 4.79 Å². The molecule has 0 saturated heterocycles. The SMILES string of the molecule is COCCCC(N)C(=O)c1cscc1Br. The highest BCUT2D eigenvalue weighted by atomic mass is 79.9. The second kappa shape index (κ2) is 6.37. The molecule has 1 rings (SSSR count). The highest BCUT2D eigenvalue weighted by molar-refractivity contribution is 9.10. The maximum Gasteiger partial charge on any atom is 0.181 e. The third-order valence-corrected chi connectivity index (χ3v) is 3.78. The van der Waals surface area contributed by atoms with Crippen LogP contribution in [-0.4, -0.2) is 25.5 Å². The molecule has 5 heteroatoms. The van der Waals surface area contributed by atoms with Crippen LogP contribution < -0.4 is 5.73 Å². The summed E-state index contributed by atoms with van der Waals surface area (Å²) < 4.78 is 5.75. The maximum absolute atomic E-state index is 11.8. The Hall–Kier alpha value is -0.230. The number of thiophene rings is 1. The van der Waals surface area contributed by atoms with E-state index >= 15 is 0 Å². The van der Waals surface area contributed by atoms with Gasteiger partial charge < -0.3 is 10.5 Å². The average Bonchev–Trinajstić information content (AvgIpc) is 2.63. The van der Waals surface area contributed by atoms with E-state index in [9.17, 15) is 4.79 Å². The van der Waals surface area contributed by atoms with E-state index in [1.807, 2.05) is 10.8 Å². The number of ketones is 1. The zero-order valence-corrected chi connectivity index (χ0v) is 10.9. The molecule has 1 atom stereocenters. The lowest BCUT2D eigenvalue weighted by Crippen LogP contribution is -2.30. The van der Waals surface area contributed by atoms with E-state index in [0.717, 1.165) is 10.9 Å². The third-order valence-electron chi connectivity index (χ3n) is 2.08. The Morgan fingerprint density at radius 3 is 2.93 bits per heavy atom. The molecule has 1 aromatic heterocycles. The molecular formula is C10H14BrNO2S. The highest BCUT2D eigenvalue weighted by Gasteiger charge is 2.18. The molecule has 0 spiro atoms. The largest absolute Gasteiger partial charge is 0.385 e. The lowest BCUT2D eigenvalue weighted by molar-refractivity contribution is 0.0950. The normalized spacial score (nSPS) is 12.7. The first-order chi connectivity index (χ1) is 7.16. The van der Waals surface area contributed by atoms with Gasteiger partial charge in [0, 0.05) is 34.5 Å². The molecule has 0 aliphatic rings. The molecule has 0 radical (unpaired) electrons. The van der Waals surface area contributed by atoms with Gasteiger partial charge in [-0.25, -0.2) is 0 Å². The van der Waals surface area contributed by atoms with Gasteiger partial charge in [-0.1, -0.05) is 0 Å². The minimum atomic E-state index is -0.425. The lowest BCUT2D eigenvalue weighted by Gasteiger charge is -2.09. The first kappa shape index (κ1) is 12.8. The van der Waals surface area contributed by atoms with Gasteiger partial charge in [0.15, 0.2) is 5.78 Å². The van der Waals surface area contributed by atoms with Crippen molar-refractivity contribution in [1.29, 1.82) is 0 Å². The second-order valence-electron chi connectivity index (χ2n) is 3.24. The number of Topliss-reactive ketones (excluding diaryl/α,β-unsaturated/α-hetero) is 1. The monoisotopic (exact) mass is 291 g/mol. The van der Waals surface area contributed by atoms with E-state index in [1.54, 1.807) is 7.11 Å². The van der Waals surface area contributed by atoms with Crippen LogP contribution in [0.4, 0.5) is 0 Å². The fourth-order valence-electron chi connectivity index (χ4n) is 1.24. The van der Waals surface area contributed by atoms with Gasteiger partial charge >= 0.3 is 0 Å². The van der Waals surface area contributed by atoms with Crippen molar-refractivity contribution >= 4 is 33.0 Å². The number of nitrogens with two attached hydrogens (primary N) is 1. The van der Waals surface area contributed by atoms with Gasteiger partial charge in [0.1, 0.15) is 0 Å². The smallest absolute Gasteiger partial charge is 0.181 e. The first-order valence-corrected chi connectivity index (χ1v) is 6.40. The molecule has 0 aliphatic carbocycles. The van der Waals surface area contributed by atoms with E-state index in [4.69, 9.17) is 10.5 Å². The Morgan fingerprint density at radius 2 is 2.40 bits per heavy atom. The van der Waals surface area contributed by atoms with Gasteiger partial charge in [-0.05, 0) is 28.8 Å². The molecule has 0 aliphatic heterocycles. The molecule has 0 saturated carbocycles. The summed E-state index contributed by atoms with van der Waals surface area (Å²) in [6.07, 6.45) is 1.47. The molecule has 0 bridgehead atoms. The average molecular weight is 292 g/mol. The van der Waals surface area contributed by atoms with Crippen LogP contribution in [0.5, 0.6) is 0 Å². The minimum Gasteiger partial charge on any atom is -0.385 e. The molecule has 84 valence electrons. The van der Waals surface area contributed by atoms with Gasteiger partial charge in [0.05, 0.1) is 6.04 Å². The topological polar surface area (TPSA) is 52.3 Å². The van der Waals surface area contributed by atoms with Crippen LogP contribution in [-0.2, 0) is 4.74 Å². The van der Waals surface area contributed by atoms with Crippen LogP contribution in [0.15, 0.2) is 15.2 Å². The Labute approximate surface area is 102 Å². The van der Waals surface area contributed by atoms with Crippen LogP contribution in [0.1, 0.15) is 23.2 Å². The first-order valence-electron chi connectivity index (χ1n) is 4.67. The lowest BCUT2D eigenvalue weighted by atomic mass is 10.0. The van der Waals surface area contributed by atoms with Gasteiger partial charge in [0.2, 0.25) is 0 Å². The van der Waals surface area contributed by atoms with E-state index in [-0.39, 0.29) is 5.78 Å². The van der Waals surface area contributed by atoms with Crippen molar-refractivity contribution in [2.45, 2.75) is 18.9 Å². The van der Waals surface area contributed by atoms with E-state index in [0.29, 0.717) is 18.6 Å². The van der Waals surface area contributed by atoms with Crippen LogP contribution in [0.2, 0.25) is 0 Å². The van der Waals surface area contributed by atoms with Crippen molar-refractivity contribution in [3.05, 3.63) is 20.8 Å². The summed E-state index contributed by atoms with van der Waals surface area (Å²) >= 11 is 4.82. The molecule has 0 fully saturated rings. The number of hydrogen-bond donors (Lipinski definition) is 1. The van der Waals surface area contributed by atoms with Crippen molar-refractivity contribution in [3.8, 4) is 0 Å². The standard InChI is InChI=1S/C10H14BrNO2S/c1-14-4-2-3-9(12)10(13)7-5-15-6-8(7)11/h5-6,9H,2-4,12H2,1H3. The number of carbonyl (C=O) groups is 1. The summed E-state index contributed by atoms with van der Waals surface area (Å²) in [5.41, 5.74) is 6.48. The van der Waals surface area contributed by atoms with Crippen LogP contribution in [0.25, 0.3) is 0 Å². The van der Waals surface area contributed by atoms with Crippen LogP contribution in [0.3, 0.4) is 0 Å². The number of halogens is 1. The van der Waals surface area contributed by atoms with Crippen molar-refractivity contribution in [2.75, 3.05) is 13.7 Å². The van der Waals surface area contributed by atoms with Gasteiger partial charge in [0.25, 0.3) is 0 Å². The molecule has 1 unspecified atom stereocenters. The molecule has 15 heavy (non-hydrogen) atoms. The fraction of sp³-hybridized carbons (Fsp3) is 0.500. The van der Waals surface area contributed by atoms with Gasteiger partial charge in [-0.15, -0.1) is 0 Å². The second-order valence-corrected chi connectivity index (χ2v) is 4.84. The summed E-state index contributed by atoms with van der Waals surface area (Å²) in [4.78, 5) is 11.8. The minimum absolute atomic E-state index is 0.000715. The number of hydrogen-bond acceptors (Lipinski definition) is 4. The summed E-state index contributed by atoms with van der Waals surface area (Å²) in [6.45, 7) is 0.645. The van der Waals surface area contributed by atoms with Crippen LogP contribution in [0, 0.1) is 0 Å². The number of carbonyl (C=O) groups excluding carboxylic acids is 1. The predicted octanol–water partition coefficient (Wildman–Crippen LogP) is 2.45. The van der Waals surface area contributed by atoms with E-state index in [1.165, 1.54) is 11.3 Å². The molecule has 1 aromatic rings. The highest BCUT2D eigenvalue weighted by Crippen LogP contribution is 2.22. The van der Waals surface area contributed by atoms with Crippen molar-refractivity contribution in [1.82, 2.24) is 0 Å². The molecule has 3 nitrogen and oxygen atoms in total. The maximum atomic E-state index is 11.8. The number of methoxy groups -OCH3 is 1. The summed E-state index contributed by atoms with van der Waals surface area (Å²) in [7, 11) is 1.64. The molecule has 0 amide bonds. The third kappa shape index (κ3) is 3.68.